The van der Waals surface area contributed by atoms with Gasteiger partial charge in [0.2, 0.25) is 0 Å². The van der Waals surface area contributed by atoms with Gasteiger partial charge in [0.25, 0.3) is 11.5 Å². The Morgan fingerprint density at radius 1 is 1.15 bits per heavy atom. The topological polar surface area (TPSA) is 104 Å². The predicted octanol–water partition coefficient (Wildman–Crippen LogP) is 4.45. The Bertz CT molecular complexity index is 1580. The molecule has 40 heavy (non-hydrogen) atoms. The average Bonchev–Trinajstić information content (AvgIpc) is 3.17. The van der Waals surface area contributed by atoms with Gasteiger partial charge in [-0.2, -0.15) is 0 Å². The van der Waals surface area contributed by atoms with Crippen LogP contribution in [-0.2, 0) is 16.4 Å². The minimum atomic E-state index is -2.95. The van der Waals surface area contributed by atoms with Crippen LogP contribution in [0.1, 0.15) is 66.0 Å². The lowest BCUT2D eigenvalue weighted by molar-refractivity contribution is 0.0743. The van der Waals surface area contributed by atoms with Crippen molar-refractivity contribution < 1.29 is 13.2 Å². The van der Waals surface area contributed by atoms with Crippen LogP contribution in [0.4, 0.5) is 0 Å². The second kappa shape index (κ2) is 11.4. The summed E-state index contributed by atoms with van der Waals surface area (Å²) in [5.41, 5.74) is 3.86. The van der Waals surface area contributed by atoms with Gasteiger partial charge in [-0.1, -0.05) is 18.2 Å². The first-order valence-electron chi connectivity index (χ1n) is 14.1. The number of likely N-dealkylation sites (tertiary alicyclic amines) is 1. The van der Waals surface area contributed by atoms with Crippen molar-refractivity contribution in [2.75, 3.05) is 25.6 Å². The highest BCUT2D eigenvalue weighted by Crippen LogP contribution is 2.39. The van der Waals surface area contributed by atoms with Crippen molar-refractivity contribution in [3.8, 4) is 0 Å². The lowest BCUT2D eigenvalue weighted by atomic mass is 9.80. The van der Waals surface area contributed by atoms with Gasteiger partial charge in [-0.05, 0) is 70.8 Å². The average molecular weight is 585 g/mol. The van der Waals surface area contributed by atoms with Crippen LogP contribution >= 0.6 is 11.8 Å². The fraction of sp³-hybridized carbons (Fsp3) is 0.533. The highest BCUT2D eigenvalue weighted by molar-refractivity contribution is 7.98. The van der Waals surface area contributed by atoms with Crippen molar-refractivity contribution in [2.45, 2.75) is 75.2 Å². The van der Waals surface area contributed by atoms with Crippen molar-refractivity contribution in [2.24, 2.45) is 5.92 Å². The molecule has 1 saturated carbocycles. The summed E-state index contributed by atoms with van der Waals surface area (Å²) in [5.74, 6) is 0.303. The summed E-state index contributed by atoms with van der Waals surface area (Å²) in [6.07, 6.45) is 7.57. The number of hydrogen-bond acceptors (Lipinski definition) is 6. The van der Waals surface area contributed by atoms with E-state index in [1.54, 1.807) is 0 Å². The van der Waals surface area contributed by atoms with E-state index in [9.17, 15) is 18.0 Å². The minimum Gasteiger partial charge on any atom is -0.348 e. The summed E-state index contributed by atoms with van der Waals surface area (Å²) in [7, 11) is -2.95. The lowest BCUT2D eigenvalue weighted by Crippen LogP contribution is -2.58. The number of pyridine rings is 1. The number of carbonyl (C=O) groups excluding carboxylic acids is 1. The number of para-hydroxylation sites is 1. The molecule has 2 fully saturated rings. The molecule has 10 heteroatoms. The fourth-order valence-corrected chi connectivity index (χ4v) is 8.32. The van der Waals surface area contributed by atoms with Crippen LogP contribution in [0.5, 0.6) is 0 Å². The number of rotatable bonds is 8. The molecule has 8 nitrogen and oxygen atoms in total. The maximum Gasteiger partial charge on any atom is 0.254 e. The number of fused-ring (bicyclic) bond motifs is 1. The summed E-state index contributed by atoms with van der Waals surface area (Å²) in [5, 5.41) is 3.74. The van der Waals surface area contributed by atoms with Crippen molar-refractivity contribution in [3.05, 3.63) is 63.2 Å². The number of hydrogen-bond donors (Lipinski definition) is 2. The van der Waals surface area contributed by atoms with Crippen molar-refractivity contribution >= 4 is 38.4 Å². The Labute approximate surface area is 240 Å². The fourth-order valence-electron chi connectivity index (χ4n) is 6.69. The maximum atomic E-state index is 13.6. The summed E-state index contributed by atoms with van der Waals surface area (Å²) < 4.78 is 26.0. The van der Waals surface area contributed by atoms with Gasteiger partial charge in [-0.3, -0.25) is 14.5 Å². The van der Waals surface area contributed by atoms with Crippen molar-refractivity contribution in [3.63, 3.8) is 0 Å². The second-order valence-electron chi connectivity index (χ2n) is 11.6. The molecule has 3 aromatic rings. The normalized spacial score (nSPS) is 21.3. The minimum absolute atomic E-state index is 0.166. The highest BCUT2D eigenvalue weighted by atomic mass is 32.2. The number of aryl methyl sites for hydroxylation is 1. The molecule has 1 saturated heterocycles. The lowest BCUT2D eigenvalue weighted by Gasteiger charge is -2.46. The Balaban J connectivity index is 1.32. The van der Waals surface area contributed by atoms with Crippen LogP contribution < -0.4 is 10.9 Å². The quantitative estimate of drug-likeness (QED) is 0.379. The Morgan fingerprint density at radius 2 is 1.82 bits per heavy atom. The summed E-state index contributed by atoms with van der Waals surface area (Å²) in [6, 6.07) is 10.7. The molecule has 1 atom stereocenters. The van der Waals surface area contributed by atoms with Crippen LogP contribution in [0, 0.1) is 19.8 Å². The van der Waals surface area contributed by atoms with Crippen LogP contribution in [0.25, 0.3) is 10.9 Å². The molecule has 0 bridgehead atoms. The number of sulfone groups is 1. The number of nitrogens with one attached hydrogen (secondary N) is 2. The van der Waals surface area contributed by atoms with Gasteiger partial charge in [-0.25, -0.2) is 8.42 Å². The van der Waals surface area contributed by atoms with Gasteiger partial charge in [0, 0.05) is 70.7 Å². The van der Waals surface area contributed by atoms with E-state index in [-0.39, 0.29) is 29.3 Å². The van der Waals surface area contributed by atoms with Gasteiger partial charge in [0.15, 0.2) is 9.84 Å². The molecule has 2 aliphatic rings. The third kappa shape index (κ3) is 5.50. The van der Waals surface area contributed by atoms with E-state index < -0.39 is 9.84 Å². The van der Waals surface area contributed by atoms with E-state index in [4.69, 9.17) is 0 Å². The number of aromatic amines is 1. The molecule has 0 radical (unpaired) electrons. The van der Waals surface area contributed by atoms with E-state index in [2.05, 4.69) is 32.8 Å². The van der Waals surface area contributed by atoms with Crippen LogP contribution in [0.3, 0.4) is 0 Å². The largest absolute Gasteiger partial charge is 0.348 e. The van der Waals surface area contributed by atoms with E-state index >= 15 is 0 Å². The number of amides is 1. The van der Waals surface area contributed by atoms with E-state index in [0.29, 0.717) is 36.2 Å². The van der Waals surface area contributed by atoms with Gasteiger partial charge in [-0.15, -0.1) is 11.8 Å². The second-order valence-corrected chi connectivity index (χ2v) is 14.7. The molecule has 2 aromatic heterocycles. The number of carbonyl (C=O) groups is 1. The standard InChI is InChI=1S/C30H40N4O4S2/c1-18-14-27(39-4)25(29(35)32-18)15-31-30(36)28-20(3)34(26-9-7-6-8-24(26)28)19(2)21-10-12-22(13-11-21)33-16-23(17-33)40(5,37)38/h6-9,14,19,21-23H,10-13,15-17H2,1-5H3,(H,31,36)(H,32,35). The molecule has 5 rings (SSSR count). The summed E-state index contributed by atoms with van der Waals surface area (Å²) in [6.45, 7) is 7.63. The summed E-state index contributed by atoms with van der Waals surface area (Å²) >= 11 is 1.50. The van der Waals surface area contributed by atoms with Gasteiger partial charge < -0.3 is 14.9 Å². The molecular weight excluding hydrogens is 544 g/mol. The zero-order valence-electron chi connectivity index (χ0n) is 24.0. The first-order valence-corrected chi connectivity index (χ1v) is 17.2. The van der Waals surface area contributed by atoms with Gasteiger partial charge >= 0.3 is 0 Å². The molecule has 2 N–H and O–H groups in total. The van der Waals surface area contributed by atoms with E-state index in [1.807, 2.05) is 44.4 Å². The van der Waals surface area contributed by atoms with Gasteiger partial charge in [0.1, 0.15) is 0 Å². The Hall–Kier alpha value is -2.56. The summed E-state index contributed by atoms with van der Waals surface area (Å²) in [4.78, 5) is 32.3. The monoisotopic (exact) mass is 584 g/mol. The highest BCUT2D eigenvalue weighted by Gasteiger charge is 2.40. The van der Waals surface area contributed by atoms with Crippen LogP contribution in [0.15, 0.2) is 40.0 Å². The van der Waals surface area contributed by atoms with Crippen molar-refractivity contribution in [1.29, 1.82) is 0 Å². The number of benzene rings is 1. The molecule has 3 heterocycles. The molecule has 1 aromatic carbocycles. The number of nitrogens with zero attached hydrogens (tertiary/aromatic N) is 2. The first-order chi connectivity index (χ1) is 19.0. The zero-order valence-corrected chi connectivity index (χ0v) is 25.6. The molecule has 216 valence electrons. The number of thioether (sulfide) groups is 1. The molecule has 1 amide bonds. The molecule has 0 spiro atoms. The molecule has 1 unspecified atom stereocenters. The Morgan fingerprint density at radius 3 is 2.48 bits per heavy atom. The van der Waals surface area contributed by atoms with Gasteiger partial charge in [0.05, 0.1) is 10.8 Å². The first kappa shape index (κ1) is 29.0. The third-order valence-electron chi connectivity index (χ3n) is 9.09. The molecule has 1 aliphatic heterocycles. The third-order valence-corrected chi connectivity index (χ3v) is 11.4. The van der Waals surface area contributed by atoms with E-state index in [1.165, 1.54) is 18.0 Å². The van der Waals surface area contributed by atoms with Crippen molar-refractivity contribution in [1.82, 2.24) is 19.8 Å². The van der Waals surface area contributed by atoms with Crippen LogP contribution in [-0.4, -0.2) is 65.7 Å². The smallest absolute Gasteiger partial charge is 0.254 e. The predicted molar refractivity (Wildman–Crippen MR) is 162 cm³/mol. The SMILES string of the molecule is CSc1cc(C)[nH]c(=O)c1CNC(=O)c1c(C)n(C(C)C2CCC(N3CC(S(C)(=O)=O)C3)CC2)c2ccccc12. The van der Waals surface area contributed by atoms with Crippen LogP contribution in [0.2, 0.25) is 0 Å². The number of aromatic nitrogens is 2. The molecule has 1 aliphatic carbocycles. The Kier molecular flexibility index (Phi) is 8.23. The molecular formula is C30H40N4O4S2. The maximum absolute atomic E-state index is 13.6. The number of H-pyrrole nitrogens is 1. The van der Waals surface area contributed by atoms with E-state index in [0.717, 1.165) is 52.9 Å². The zero-order chi connectivity index (χ0) is 28.8.